The molecule has 162 valence electrons. The van der Waals surface area contributed by atoms with Crippen molar-refractivity contribution in [2.45, 2.75) is 45.3 Å². The van der Waals surface area contributed by atoms with Gasteiger partial charge in [0.05, 0.1) is 6.04 Å². The molecule has 1 unspecified atom stereocenters. The van der Waals surface area contributed by atoms with Crippen LogP contribution in [0.1, 0.15) is 31.4 Å². The number of nitrogens with two attached hydrogens (primary N) is 1. The Kier molecular flexibility index (Phi) is 8.73. The monoisotopic (exact) mass is 415 g/mol. The molecule has 2 rings (SSSR count). The summed E-state index contributed by atoms with van der Waals surface area (Å²) in [5.74, 6) is -0.432. The zero-order valence-electron chi connectivity index (χ0n) is 17.6. The number of amides is 2. The van der Waals surface area contributed by atoms with Crippen LogP contribution in [0.25, 0.3) is 0 Å². The van der Waals surface area contributed by atoms with Gasteiger partial charge in [-0.05, 0) is 42.3 Å². The molecule has 0 fully saturated rings. The Labute approximate surface area is 176 Å². The van der Waals surface area contributed by atoms with E-state index >= 15 is 0 Å². The van der Waals surface area contributed by atoms with Crippen LogP contribution in [0.2, 0.25) is 0 Å². The molecule has 3 atom stereocenters. The fourth-order valence-electron chi connectivity index (χ4n) is 3.09. The van der Waals surface area contributed by atoms with Crippen molar-refractivity contribution in [3.8, 4) is 0 Å². The number of aromatic nitrogens is 1. The van der Waals surface area contributed by atoms with Gasteiger partial charge in [-0.3, -0.25) is 9.59 Å². The third-order valence-corrected chi connectivity index (χ3v) is 5.11. The van der Waals surface area contributed by atoms with E-state index in [0.717, 1.165) is 17.5 Å². The van der Waals surface area contributed by atoms with Crippen LogP contribution >= 0.6 is 0 Å². The van der Waals surface area contributed by atoms with Crippen LogP contribution in [0, 0.1) is 11.7 Å². The molecule has 0 saturated heterocycles. The number of nitrogens with zero attached hydrogens (tertiary/aromatic N) is 1. The van der Waals surface area contributed by atoms with Crippen molar-refractivity contribution in [1.82, 2.24) is 20.9 Å². The molecule has 7 nitrogen and oxygen atoms in total. The number of nitrogens with one attached hydrogen (secondary N) is 3. The van der Waals surface area contributed by atoms with Crippen molar-refractivity contribution in [3.63, 3.8) is 0 Å². The van der Waals surface area contributed by atoms with Crippen molar-refractivity contribution in [1.29, 1.82) is 0 Å². The predicted octanol–water partition coefficient (Wildman–Crippen LogP) is 1.78. The van der Waals surface area contributed by atoms with Crippen LogP contribution in [0.5, 0.6) is 0 Å². The molecule has 0 bridgehead atoms. The van der Waals surface area contributed by atoms with Gasteiger partial charge in [0.1, 0.15) is 17.7 Å². The van der Waals surface area contributed by atoms with Crippen molar-refractivity contribution in [2.75, 3.05) is 12.8 Å². The SMILES string of the molecule is CCC(C)[C@@H](NC)C(=O)N[C@@H](Cc1ccc(F)cc1)C(=O)NCc1ccc(N)nc1. The third kappa shape index (κ3) is 6.81. The highest BCUT2D eigenvalue weighted by molar-refractivity contribution is 5.90. The summed E-state index contributed by atoms with van der Waals surface area (Å²) >= 11 is 0. The molecule has 0 aliphatic heterocycles. The second kappa shape index (κ2) is 11.3. The van der Waals surface area contributed by atoms with E-state index in [1.54, 1.807) is 37.5 Å². The molecule has 1 aromatic heterocycles. The molecule has 30 heavy (non-hydrogen) atoms. The van der Waals surface area contributed by atoms with Gasteiger partial charge >= 0.3 is 0 Å². The molecule has 8 heteroatoms. The summed E-state index contributed by atoms with van der Waals surface area (Å²) < 4.78 is 13.2. The van der Waals surface area contributed by atoms with Crippen LogP contribution in [-0.4, -0.2) is 35.9 Å². The summed E-state index contributed by atoms with van der Waals surface area (Å²) in [6.45, 7) is 4.23. The van der Waals surface area contributed by atoms with Gasteiger partial charge in [-0.25, -0.2) is 9.37 Å². The van der Waals surface area contributed by atoms with Crippen molar-refractivity contribution < 1.29 is 14.0 Å². The topological polar surface area (TPSA) is 109 Å². The van der Waals surface area contributed by atoms with Crippen LogP contribution in [0.15, 0.2) is 42.6 Å². The van der Waals surface area contributed by atoms with E-state index in [2.05, 4.69) is 20.9 Å². The zero-order chi connectivity index (χ0) is 22.1. The Morgan fingerprint density at radius 1 is 1.10 bits per heavy atom. The van der Waals surface area contributed by atoms with Gasteiger partial charge in [0, 0.05) is 19.2 Å². The minimum atomic E-state index is -0.801. The number of benzene rings is 1. The summed E-state index contributed by atoms with van der Waals surface area (Å²) in [6, 6.07) is 8.10. The number of anilines is 1. The standard InChI is InChI=1S/C22H30FN5O2/c1-4-14(2)20(25-3)22(30)28-18(11-15-5-8-17(23)9-6-15)21(29)27-13-16-7-10-19(24)26-12-16/h5-10,12,14,18,20,25H,4,11,13H2,1-3H3,(H2,24,26)(H,27,29)(H,28,30)/t14?,18-,20+/m0/s1. The molecule has 0 saturated carbocycles. The number of rotatable bonds is 10. The maximum atomic E-state index is 13.2. The van der Waals surface area contributed by atoms with Gasteiger partial charge in [-0.1, -0.05) is 38.5 Å². The number of carbonyl (C=O) groups is 2. The first kappa shape index (κ1) is 23.3. The highest BCUT2D eigenvalue weighted by atomic mass is 19.1. The molecule has 0 spiro atoms. The summed E-state index contributed by atoms with van der Waals surface area (Å²) in [5.41, 5.74) is 7.12. The number of hydrogen-bond donors (Lipinski definition) is 4. The van der Waals surface area contributed by atoms with Crippen molar-refractivity contribution in [3.05, 3.63) is 59.5 Å². The average molecular weight is 416 g/mol. The smallest absolute Gasteiger partial charge is 0.243 e. The molecule has 5 N–H and O–H groups in total. The fourth-order valence-corrected chi connectivity index (χ4v) is 3.09. The van der Waals surface area contributed by atoms with Gasteiger partial charge < -0.3 is 21.7 Å². The van der Waals surface area contributed by atoms with Crippen LogP contribution in [-0.2, 0) is 22.6 Å². The molecule has 2 amide bonds. The Morgan fingerprint density at radius 2 is 1.77 bits per heavy atom. The fraction of sp³-hybridized carbons (Fsp3) is 0.409. The molecule has 1 heterocycles. The first-order valence-corrected chi connectivity index (χ1v) is 10.0. The van der Waals surface area contributed by atoms with E-state index in [0.29, 0.717) is 5.82 Å². The number of halogens is 1. The van der Waals surface area contributed by atoms with Crippen molar-refractivity contribution in [2.24, 2.45) is 5.92 Å². The van der Waals surface area contributed by atoms with Crippen LogP contribution in [0.4, 0.5) is 10.2 Å². The zero-order valence-corrected chi connectivity index (χ0v) is 17.6. The Bertz CT molecular complexity index is 826. The number of carbonyl (C=O) groups excluding carboxylic acids is 2. The molecule has 2 aromatic rings. The lowest BCUT2D eigenvalue weighted by molar-refractivity contribution is -0.130. The maximum absolute atomic E-state index is 13.2. The summed E-state index contributed by atoms with van der Waals surface area (Å²) in [7, 11) is 1.72. The molecular formula is C22H30FN5O2. The predicted molar refractivity (Wildman–Crippen MR) is 115 cm³/mol. The normalized spacial score (nSPS) is 13.9. The number of nitrogen functional groups attached to an aromatic ring is 1. The summed E-state index contributed by atoms with van der Waals surface area (Å²) in [6.07, 6.45) is 2.65. The van der Waals surface area contributed by atoms with Gasteiger partial charge in [0.15, 0.2) is 0 Å². The summed E-state index contributed by atoms with van der Waals surface area (Å²) in [5, 5.41) is 8.69. The van der Waals surface area contributed by atoms with E-state index in [4.69, 9.17) is 5.73 Å². The van der Waals surface area contributed by atoms with E-state index in [-0.39, 0.29) is 36.5 Å². The Hall–Kier alpha value is -3.00. The average Bonchev–Trinajstić information content (AvgIpc) is 2.74. The van der Waals surface area contributed by atoms with Gasteiger partial charge in [-0.15, -0.1) is 0 Å². The minimum absolute atomic E-state index is 0.102. The van der Waals surface area contributed by atoms with Gasteiger partial charge in [0.2, 0.25) is 11.8 Å². The van der Waals surface area contributed by atoms with Crippen LogP contribution < -0.4 is 21.7 Å². The summed E-state index contributed by atoms with van der Waals surface area (Å²) in [4.78, 5) is 29.7. The minimum Gasteiger partial charge on any atom is -0.384 e. The molecule has 0 radical (unpaired) electrons. The highest BCUT2D eigenvalue weighted by Gasteiger charge is 2.27. The highest BCUT2D eigenvalue weighted by Crippen LogP contribution is 2.10. The lowest BCUT2D eigenvalue weighted by Crippen LogP contribution is -2.54. The number of likely N-dealkylation sites (N-methyl/N-ethyl adjacent to an activating group) is 1. The lowest BCUT2D eigenvalue weighted by atomic mass is 9.97. The first-order chi connectivity index (χ1) is 14.3. The molecule has 1 aromatic carbocycles. The van der Waals surface area contributed by atoms with Crippen LogP contribution in [0.3, 0.4) is 0 Å². The lowest BCUT2D eigenvalue weighted by Gasteiger charge is -2.25. The second-order valence-corrected chi connectivity index (χ2v) is 7.35. The van der Waals surface area contributed by atoms with Crippen molar-refractivity contribution >= 4 is 17.6 Å². The van der Waals surface area contributed by atoms with E-state index in [9.17, 15) is 14.0 Å². The molecule has 0 aliphatic rings. The Morgan fingerprint density at radius 3 is 2.33 bits per heavy atom. The third-order valence-electron chi connectivity index (χ3n) is 5.11. The maximum Gasteiger partial charge on any atom is 0.243 e. The van der Waals surface area contributed by atoms with Gasteiger partial charge in [0.25, 0.3) is 0 Å². The second-order valence-electron chi connectivity index (χ2n) is 7.35. The van der Waals surface area contributed by atoms with Gasteiger partial charge in [-0.2, -0.15) is 0 Å². The van der Waals surface area contributed by atoms with E-state index in [1.165, 1.54) is 12.1 Å². The largest absolute Gasteiger partial charge is 0.384 e. The number of hydrogen-bond acceptors (Lipinski definition) is 5. The quantitative estimate of drug-likeness (QED) is 0.473. The molecular weight excluding hydrogens is 385 g/mol. The van der Waals surface area contributed by atoms with E-state index < -0.39 is 12.1 Å². The molecule has 0 aliphatic carbocycles. The first-order valence-electron chi connectivity index (χ1n) is 10.0. The van der Waals surface area contributed by atoms with E-state index in [1.807, 2.05) is 13.8 Å². The Balaban J connectivity index is 2.12. The number of pyridine rings is 1.